The van der Waals surface area contributed by atoms with Crippen LogP contribution in [-0.2, 0) is 0 Å². The summed E-state index contributed by atoms with van der Waals surface area (Å²) in [4.78, 5) is 0. The van der Waals surface area contributed by atoms with E-state index in [9.17, 15) is 0 Å². The number of aromatic nitrogens is 4. The third-order valence-corrected chi connectivity index (χ3v) is 3.49. The highest BCUT2D eigenvalue weighted by molar-refractivity contribution is 5.54. The molecular formula is C15H20N6. The van der Waals surface area contributed by atoms with Gasteiger partial charge in [-0.3, -0.25) is 0 Å². The van der Waals surface area contributed by atoms with Crippen LogP contribution in [0, 0.1) is 23.7 Å². The van der Waals surface area contributed by atoms with E-state index in [0.29, 0.717) is 6.42 Å². The summed E-state index contributed by atoms with van der Waals surface area (Å²) in [6.07, 6.45) is 3.05. The molecule has 0 atom stereocenters. The fourth-order valence-electron chi connectivity index (χ4n) is 2.06. The van der Waals surface area contributed by atoms with E-state index in [4.69, 9.17) is 5.26 Å². The molecule has 0 saturated heterocycles. The first kappa shape index (κ1) is 15.0. The number of anilines is 1. The van der Waals surface area contributed by atoms with Gasteiger partial charge < -0.3 is 5.32 Å². The van der Waals surface area contributed by atoms with Gasteiger partial charge in [-0.15, -0.1) is 5.10 Å². The zero-order valence-electron chi connectivity index (χ0n) is 12.7. The first-order chi connectivity index (χ1) is 10.0. The molecule has 6 heteroatoms. The summed E-state index contributed by atoms with van der Waals surface area (Å²) in [6.45, 7) is 7.16. The van der Waals surface area contributed by atoms with E-state index in [1.54, 1.807) is 11.0 Å². The minimum absolute atomic E-state index is 0.0790. The van der Waals surface area contributed by atoms with Crippen LogP contribution >= 0.6 is 0 Å². The van der Waals surface area contributed by atoms with E-state index >= 15 is 0 Å². The van der Waals surface area contributed by atoms with Crippen molar-refractivity contribution in [3.8, 4) is 11.8 Å². The Hall–Kier alpha value is -2.42. The lowest BCUT2D eigenvalue weighted by molar-refractivity contribution is 0.364. The van der Waals surface area contributed by atoms with E-state index < -0.39 is 0 Å². The Morgan fingerprint density at radius 2 is 2.19 bits per heavy atom. The summed E-state index contributed by atoms with van der Waals surface area (Å²) in [5.74, 6) is 0. The Morgan fingerprint density at radius 1 is 1.38 bits per heavy atom. The predicted molar refractivity (Wildman–Crippen MR) is 81.0 cm³/mol. The Labute approximate surface area is 124 Å². The molecule has 0 radical (unpaired) electrons. The van der Waals surface area contributed by atoms with E-state index in [1.165, 1.54) is 0 Å². The maximum Gasteiger partial charge on any atom is 0.143 e. The number of hydrogen-bond acceptors (Lipinski definition) is 5. The van der Waals surface area contributed by atoms with Gasteiger partial charge in [-0.2, -0.15) is 5.26 Å². The second kappa shape index (κ2) is 6.35. The normalized spacial score (nSPS) is 11.1. The number of nitrogens with one attached hydrogen (secondary N) is 1. The summed E-state index contributed by atoms with van der Waals surface area (Å²) < 4.78 is 1.65. The molecule has 0 amide bonds. The van der Waals surface area contributed by atoms with Crippen LogP contribution in [0.1, 0.15) is 32.3 Å². The van der Waals surface area contributed by atoms with Crippen LogP contribution in [0.2, 0.25) is 0 Å². The summed E-state index contributed by atoms with van der Waals surface area (Å²) in [5.41, 5.74) is 3.17. The van der Waals surface area contributed by atoms with Crippen molar-refractivity contribution in [1.82, 2.24) is 20.2 Å². The molecular weight excluding hydrogens is 264 g/mol. The molecule has 2 aromatic rings. The number of aryl methyl sites for hydroxylation is 1. The molecule has 110 valence electrons. The molecule has 1 heterocycles. The molecule has 0 aliphatic heterocycles. The number of rotatable bonds is 6. The maximum atomic E-state index is 8.70. The number of nitrogens with zero attached hydrogens (tertiary/aromatic N) is 5. The Balaban J connectivity index is 2.08. The van der Waals surface area contributed by atoms with E-state index in [1.807, 2.05) is 25.1 Å². The van der Waals surface area contributed by atoms with Gasteiger partial charge in [0.05, 0.1) is 11.8 Å². The molecule has 0 unspecified atom stereocenters. The Morgan fingerprint density at radius 3 is 2.86 bits per heavy atom. The van der Waals surface area contributed by atoms with Crippen LogP contribution in [0.5, 0.6) is 0 Å². The number of benzene rings is 1. The van der Waals surface area contributed by atoms with Crippen molar-refractivity contribution in [1.29, 1.82) is 5.26 Å². The van der Waals surface area contributed by atoms with Crippen molar-refractivity contribution in [2.24, 2.45) is 5.41 Å². The van der Waals surface area contributed by atoms with Crippen LogP contribution in [0.4, 0.5) is 5.69 Å². The highest BCUT2D eigenvalue weighted by Crippen LogP contribution is 2.24. The van der Waals surface area contributed by atoms with Gasteiger partial charge in [0, 0.05) is 18.7 Å². The predicted octanol–water partition coefficient (Wildman–Crippen LogP) is 2.71. The largest absolute Gasteiger partial charge is 0.384 e. The molecule has 2 rings (SSSR count). The van der Waals surface area contributed by atoms with E-state index in [2.05, 4.69) is 40.8 Å². The average molecular weight is 284 g/mol. The first-order valence-corrected chi connectivity index (χ1v) is 6.97. The summed E-state index contributed by atoms with van der Waals surface area (Å²) in [7, 11) is 0. The molecule has 21 heavy (non-hydrogen) atoms. The molecule has 0 spiro atoms. The third-order valence-electron chi connectivity index (χ3n) is 3.49. The van der Waals surface area contributed by atoms with Crippen LogP contribution in [-0.4, -0.2) is 26.8 Å². The maximum absolute atomic E-state index is 8.70. The quantitative estimate of drug-likeness (QED) is 0.882. The van der Waals surface area contributed by atoms with Crippen molar-refractivity contribution in [2.45, 2.75) is 33.6 Å². The van der Waals surface area contributed by atoms with Gasteiger partial charge in [0.15, 0.2) is 0 Å². The van der Waals surface area contributed by atoms with Gasteiger partial charge >= 0.3 is 0 Å². The van der Waals surface area contributed by atoms with Crippen molar-refractivity contribution >= 4 is 5.69 Å². The topological polar surface area (TPSA) is 79.4 Å². The highest BCUT2D eigenvalue weighted by Gasteiger charge is 2.17. The van der Waals surface area contributed by atoms with Gasteiger partial charge in [-0.25, -0.2) is 4.68 Å². The van der Waals surface area contributed by atoms with Crippen molar-refractivity contribution in [3.05, 3.63) is 30.1 Å². The second-order valence-corrected chi connectivity index (χ2v) is 5.93. The minimum atomic E-state index is 0.0790. The highest BCUT2D eigenvalue weighted by atomic mass is 15.5. The molecule has 0 fully saturated rings. The smallest absolute Gasteiger partial charge is 0.143 e. The molecule has 1 aromatic heterocycles. The summed E-state index contributed by atoms with van der Waals surface area (Å²) >= 11 is 0. The zero-order chi connectivity index (χ0) is 15.3. The lowest BCUT2D eigenvalue weighted by Gasteiger charge is -2.24. The Bertz CT molecular complexity index is 624. The number of nitriles is 1. The van der Waals surface area contributed by atoms with Crippen molar-refractivity contribution in [2.75, 3.05) is 11.9 Å². The first-order valence-electron chi connectivity index (χ1n) is 6.97. The van der Waals surface area contributed by atoms with Gasteiger partial charge in [0.1, 0.15) is 6.33 Å². The van der Waals surface area contributed by atoms with Gasteiger partial charge in [-0.1, -0.05) is 19.9 Å². The van der Waals surface area contributed by atoms with Crippen LogP contribution in [0.25, 0.3) is 5.69 Å². The Kier molecular flexibility index (Phi) is 4.53. The van der Waals surface area contributed by atoms with Crippen LogP contribution in [0.15, 0.2) is 24.5 Å². The second-order valence-electron chi connectivity index (χ2n) is 5.93. The van der Waals surface area contributed by atoms with E-state index in [-0.39, 0.29) is 5.41 Å². The fraction of sp³-hybridized carbons (Fsp3) is 0.467. The third kappa shape index (κ3) is 4.02. The van der Waals surface area contributed by atoms with E-state index in [0.717, 1.165) is 29.9 Å². The summed E-state index contributed by atoms with van der Waals surface area (Å²) in [6, 6.07) is 8.33. The molecule has 0 bridgehead atoms. The van der Waals surface area contributed by atoms with Crippen LogP contribution < -0.4 is 5.32 Å². The molecule has 1 N–H and O–H groups in total. The van der Waals surface area contributed by atoms with Crippen LogP contribution in [0.3, 0.4) is 0 Å². The number of hydrogen-bond donors (Lipinski definition) is 1. The lowest BCUT2D eigenvalue weighted by Crippen LogP contribution is -2.23. The standard InChI is InChI=1S/C15H20N6/c1-12-5-6-13(9-14(12)21-11-18-19-20-21)17-10-15(2,3)7-4-8-16/h5-6,9,11,17H,4,7,10H2,1-3H3. The SMILES string of the molecule is Cc1ccc(NCC(C)(C)CCC#N)cc1-n1cnnn1. The number of tetrazole rings is 1. The zero-order valence-corrected chi connectivity index (χ0v) is 12.7. The minimum Gasteiger partial charge on any atom is -0.384 e. The molecule has 6 nitrogen and oxygen atoms in total. The van der Waals surface area contributed by atoms with Crippen molar-refractivity contribution in [3.63, 3.8) is 0 Å². The molecule has 0 saturated carbocycles. The fourth-order valence-corrected chi connectivity index (χ4v) is 2.06. The van der Waals surface area contributed by atoms with Crippen molar-refractivity contribution < 1.29 is 0 Å². The molecule has 1 aromatic carbocycles. The van der Waals surface area contributed by atoms with Gasteiger partial charge in [0.2, 0.25) is 0 Å². The summed E-state index contributed by atoms with van der Waals surface area (Å²) in [5, 5.41) is 23.4. The average Bonchev–Trinajstić information content (AvgIpc) is 2.98. The van der Waals surface area contributed by atoms with Gasteiger partial charge in [-0.05, 0) is 46.9 Å². The van der Waals surface area contributed by atoms with Gasteiger partial charge in [0.25, 0.3) is 0 Å². The molecule has 0 aliphatic rings. The molecule has 0 aliphatic carbocycles. The lowest BCUT2D eigenvalue weighted by atomic mass is 9.88. The monoisotopic (exact) mass is 284 g/mol.